The van der Waals surface area contributed by atoms with Gasteiger partial charge in [-0.2, -0.15) is 13.2 Å². The second-order valence-electron chi connectivity index (χ2n) is 5.95. The number of phenolic OH excluding ortho intramolecular Hbond substituents is 1. The topological polar surface area (TPSA) is 20.2 Å². The molecule has 1 rings (SSSR count). The van der Waals surface area contributed by atoms with Gasteiger partial charge in [0, 0.05) is 0 Å². The average Bonchev–Trinajstić information content (AvgIpc) is 2.17. The molecule has 0 spiro atoms. The van der Waals surface area contributed by atoms with Gasteiger partial charge in [-0.25, -0.2) is 4.39 Å². The maximum Gasteiger partial charge on any atom is 0.419 e. The van der Waals surface area contributed by atoms with E-state index in [1.807, 2.05) is 0 Å². The molecule has 108 valence electrons. The number of alkyl halides is 3. The summed E-state index contributed by atoms with van der Waals surface area (Å²) < 4.78 is 52.9. The highest BCUT2D eigenvalue weighted by Crippen LogP contribution is 2.44. The number of hydrogen-bond acceptors (Lipinski definition) is 1. The van der Waals surface area contributed by atoms with E-state index >= 15 is 0 Å². The smallest absolute Gasteiger partial charge is 0.419 e. The Bertz CT molecular complexity index is 482. The summed E-state index contributed by atoms with van der Waals surface area (Å²) >= 11 is 0. The molecule has 0 amide bonds. The first kappa shape index (κ1) is 15.8. The van der Waals surface area contributed by atoms with E-state index in [0.29, 0.717) is 0 Å². The van der Waals surface area contributed by atoms with E-state index in [-0.39, 0.29) is 17.0 Å². The van der Waals surface area contributed by atoms with E-state index in [0.717, 1.165) is 0 Å². The van der Waals surface area contributed by atoms with Crippen LogP contribution in [0.2, 0.25) is 0 Å². The summed E-state index contributed by atoms with van der Waals surface area (Å²) in [5.41, 5.74) is -2.19. The normalized spacial score (nSPS) is 13.2. The summed E-state index contributed by atoms with van der Waals surface area (Å²) in [6.45, 7) is 8.12. The minimum Gasteiger partial charge on any atom is -0.505 e. The number of halogens is 4. The quantitative estimate of drug-likeness (QED) is 0.719. The Labute approximate surface area is 110 Å². The molecule has 1 aromatic rings. The van der Waals surface area contributed by atoms with Gasteiger partial charge in [-0.1, -0.05) is 40.7 Å². The lowest BCUT2D eigenvalue weighted by molar-refractivity contribution is -0.141. The van der Waals surface area contributed by atoms with Crippen molar-refractivity contribution in [3.05, 3.63) is 28.6 Å². The van der Waals surface area contributed by atoms with Gasteiger partial charge in [-0.3, -0.25) is 0 Å². The predicted molar refractivity (Wildman–Crippen MR) is 65.9 cm³/mol. The van der Waals surface area contributed by atoms with Crippen molar-refractivity contribution in [2.45, 2.75) is 52.1 Å². The molecule has 19 heavy (non-hydrogen) atoms. The van der Waals surface area contributed by atoms with Crippen LogP contribution in [-0.2, 0) is 11.6 Å². The zero-order valence-corrected chi connectivity index (χ0v) is 11.6. The van der Waals surface area contributed by atoms with Crippen LogP contribution in [0.3, 0.4) is 0 Å². The summed E-state index contributed by atoms with van der Waals surface area (Å²) in [5, 5.41) is 9.63. The van der Waals surface area contributed by atoms with Crippen LogP contribution in [0.4, 0.5) is 17.6 Å². The van der Waals surface area contributed by atoms with Crippen molar-refractivity contribution in [3.8, 4) is 5.75 Å². The van der Waals surface area contributed by atoms with Gasteiger partial charge in [0.15, 0.2) is 11.6 Å². The molecule has 0 aliphatic rings. The maximum atomic E-state index is 13.9. The molecule has 1 aromatic carbocycles. The first-order chi connectivity index (χ1) is 8.37. The fourth-order valence-corrected chi connectivity index (χ4v) is 1.97. The van der Waals surface area contributed by atoms with Crippen molar-refractivity contribution in [2.75, 3.05) is 0 Å². The molecule has 1 nitrogen and oxygen atoms in total. The van der Waals surface area contributed by atoms with Gasteiger partial charge in [0.2, 0.25) is 0 Å². The molecule has 0 saturated heterocycles. The number of phenols is 1. The molecule has 0 aromatic heterocycles. The molecule has 0 fully saturated rings. The first-order valence-electron chi connectivity index (χ1n) is 6.00. The summed E-state index contributed by atoms with van der Waals surface area (Å²) in [5.74, 6) is -2.75. The lowest BCUT2D eigenvalue weighted by atomic mass is 9.81. The summed E-state index contributed by atoms with van der Waals surface area (Å²) in [6.07, 6.45) is -4.83. The van der Waals surface area contributed by atoms with Gasteiger partial charge in [0.05, 0.1) is 5.56 Å². The van der Waals surface area contributed by atoms with E-state index < -0.39 is 28.7 Å². The highest BCUT2D eigenvalue weighted by Gasteiger charge is 2.41. The molecule has 0 atom stereocenters. The lowest BCUT2D eigenvalue weighted by Crippen LogP contribution is -2.22. The Morgan fingerprint density at radius 3 is 1.89 bits per heavy atom. The third-order valence-corrected chi connectivity index (χ3v) is 2.98. The van der Waals surface area contributed by atoms with Crippen molar-refractivity contribution in [3.63, 3.8) is 0 Å². The molecule has 1 N–H and O–H groups in total. The maximum absolute atomic E-state index is 13.9. The van der Waals surface area contributed by atoms with Crippen molar-refractivity contribution < 1.29 is 22.7 Å². The number of rotatable bonds is 1. The van der Waals surface area contributed by atoms with E-state index in [1.165, 1.54) is 6.07 Å². The molecule has 5 heteroatoms. The van der Waals surface area contributed by atoms with Crippen LogP contribution in [0.1, 0.15) is 57.2 Å². The van der Waals surface area contributed by atoms with Crippen LogP contribution in [0, 0.1) is 5.82 Å². The minimum absolute atomic E-state index is 0.140. The third kappa shape index (κ3) is 3.01. The van der Waals surface area contributed by atoms with Crippen LogP contribution >= 0.6 is 0 Å². The van der Waals surface area contributed by atoms with Gasteiger partial charge in [0.25, 0.3) is 0 Å². The van der Waals surface area contributed by atoms with E-state index in [9.17, 15) is 22.7 Å². The standard InChI is InChI=1S/C14H18F4O/c1-7(2)8-6-9(13(3,4)5)10(14(16,17)18)11(15)12(8)19/h6-7,19H,1-5H3. The second-order valence-corrected chi connectivity index (χ2v) is 5.95. The van der Waals surface area contributed by atoms with Crippen LogP contribution in [0.15, 0.2) is 6.07 Å². The van der Waals surface area contributed by atoms with Gasteiger partial charge in [0.1, 0.15) is 0 Å². The number of hydrogen-bond donors (Lipinski definition) is 1. The molecule has 0 aliphatic heterocycles. The van der Waals surface area contributed by atoms with E-state index in [4.69, 9.17) is 0 Å². The Morgan fingerprint density at radius 1 is 1.11 bits per heavy atom. The highest BCUT2D eigenvalue weighted by atomic mass is 19.4. The van der Waals surface area contributed by atoms with E-state index in [2.05, 4.69) is 0 Å². The molecule has 0 saturated carbocycles. The van der Waals surface area contributed by atoms with Crippen molar-refractivity contribution in [2.24, 2.45) is 0 Å². The van der Waals surface area contributed by atoms with Gasteiger partial charge in [-0.05, 0) is 22.5 Å². The summed E-state index contributed by atoms with van der Waals surface area (Å²) in [7, 11) is 0. The molecule has 0 unspecified atom stereocenters. The zero-order chi connectivity index (χ0) is 15.2. The molecular formula is C14H18F4O. The largest absolute Gasteiger partial charge is 0.505 e. The SMILES string of the molecule is CC(C)c1cc(C(C)(C)C)c(C(F)(F)F)c(F)c1O. The van der Waals surface area contributed by atoms with Crippen LogP contribution in [-0.4, -0.2) is 5.11 Å². The molecular weight excluding hydrogens is 260 g/mol. The summed E-state index contributed by atoms with van der Waals surface area (Å²) in [6, 6.07) is 1.26. The predicted octanol–water partition coefficient (Wildman–Crippen LogP) is 4.97. The average molecular weight is 278 g/mol. The Hall–Kier alpha value is -1.26. The number of aromatic hydroxyl groups is 1. The molecule has 0 heterocycles. The third-order valence-electron chi connectivity index (χ3n) is 2.98. The Kier molecular flexibility index (Phi) is 3.90. The van der Waals surface area contributed by atoms with Crippen molar-refractivity contribution >= 4 is 0 Å². The Morgan fingerprint density at radius 2 is 1.58 bits per heavy atom. The van der Waals surface area contributed by atoms with Crippen LogP contribution in [0.25, 0.3) is 0 Å². The molecule has 0 aliphatic carbocycles. The van der Waals surface area contributed by atoms with Crippen molar-refractivity contribution in [1.82, 2.24) is 0 Å². The number of benzene rings is 1. The van der Waals surface area contributed by atoms with Crippen LogP contribution in [0.5, 0.6) is 5.75 Å². The van der Waals surface area contributed by atoms with Crippen LogP contribution < -0.4 is 0 Å². The monoisotopic (exact) mass is 278 g/mol. The zero-order valence-electron chi connectivity index (χ0n) is 11.6. The minimum atomic E-state index is -4.83. The highest BCUT2D eigenvalue weighted by molar-refractivity contribution is 5.48. The first-order valence-corrected chi connectivity index (χ1v) is 6.00. The van der Waals surface area contributed by atoms with Gasteiger partial charge in [-0.15, -0.1) is 0 Å². The second kappa shape index (κ2) is 4.69. The van der Waals surface area contributed by atoms with E-state index in [1.54, 1.807) is 34.6 Å². The fourth-order valence-electron chi connectivity index (χ4n) is 1.97. The van der Waals surface area contributed by atoms with Gasteiger partial charge >= 0.3 is 6.18 Å². The molecule has 0 radical (unpaired) electrons. The van der Waals surface area contributed by atoms with Crippen molar-refractivity contribution in [1.29, 1.82) is 0 Å². The molecule has 0 bridgehead atoms. The fraction of sp³-hybridized carbons (Fsp3) is 0.571. The lowest BCUT2D eigenvalue weighted by Gasteiger charge is -2.27. The van der Waals surface area contributed by atoms with Gasteiger partial charge < -0.3 is 5.11 Å². The summed E-state index contributed by atoms with van der Waals surface area (Å²) in [4.78, 5) is 0. The Balaban J connectivity index is 3.77.